The number of nitrogens with zero attached hydrogens (tertiary/aromatic N) is 1. The Morgan fingerprint density at radius 3 is 2.19 bits per heavy atom. The lowest BCUT2D eigenvalue weighted by Gasteiger charge is -1.94. The zero-order chi connectivity index (χ0) is 12.1. The average Bonchev–Trinajstić information content (AvgIpc) is 2.26. The number of nitro groups is 1. The summed E-state index contributed by atoms with van der Waals surface area (Å²) in [5.74, 6) is -0.583. The lowest BCUT2D eigenvalue weighted by molar-refractivity contribution is -0.384. The van der Waals surface area contributed by atoms with Crippen molar-refractivity contribution in [2.45, 2.75) is 6.92 Å². The number of non-ortho nitro benzene ring substituents is 1. The predicted octanol–water partition coefficient (Wildman–Crippen LogP) is 1.92. The number of rotatable bonds is 4. The number of allylic oxidation sites excluding steroid dienone is 2. The van der Waals surface area contributed by atoms with Crippen LogP contribution in [0.4, 0.5) is 5.69 Å². The summed E-state index contributed by atoms with van der Waals surface area (Å²) in [6.07, 6.45) is 2.30. The van der Waals surface area contributed by atoms with E-state index in [4.69, 9.17) is 0 Å². The highest BCUT2D eigenvalue weighted by atomic mass is 16.6. The van der Waals surface area contributed by atoms with Gasteiger partial charge in [-0.05, 0) is 31.2 Å². The van der Waals surface area contributed by atoms with Gasteiger partial charge in [0.2, 0.25) is 0 Å². The number of benzene rings is 1. The van der Waals surface area contributed by atoms with Gasteiger partial charge in [-0.3, -0.25) is 19.7 Å². The lowest BCUT2D eigenvalue weighted by atomic mass is 10.1. The Morgan fingerprint density at radius 1 is 1.19 bits per heavy atom. The molecule has 0 aliphatic carbocycles. The van der Waals surface area contributed by atoms with E-state index in [0.29, 0.717) is 5.56 Å². The molecular weight excluding hydrogens is 210 g/mol. The van der Waals surface area contributed by atoms with E-state index in [0.717, 1.165) is 12.2 Å². The van der Waals surface area contributed by atoms with Gasteiger partial charge in [0.15, 0.2) is 11.6 Å². The third-order valence-corrected chi connectivity index (χ3v) is 1.83. The Hall–Kier alpha value is -2.30. The zero-order valence-corrected chi connectivity index (χ0v) is 8.54. The minimum absolute atomic E-state index is 0.0768. The molecule has 0 aliphatic heterocycles. The molecule has 0 radical (unpaired) electrons. The molecule has 16 heavy (non-hydrogen) atoms. The Bertz CT molecular complexity index is 459. The van der Waals surface area contributed by atoms with Gasteiger partial charge in [-0.2, -0.15) is 0 Å². The summed E-state index contributed by atoms with van der Waals surface area (Å²) >= 11 is 0. The Kier molecular flexibility index (Phi) is 3.66. The van der Waals surface area contributed by atoms with Crippen molar-refractivity contribution in [2.75, 3.05) is 0 Å². The van der Waals surface area contributed by atoms with Crippen LogP contribution in [0.3, 0.4) is 0 Å². The fourth-order valence-electron chi connectivity index (χ4n) is 1.04. The molecule has 0 bridgehead atoms. The van der Waals surface area contributed by atoms with E-state index in [1.807, 2.05) is 0 Å². The predicted molar refractivity (Wildman–Crippen MR) is 57.2 cm³/mol. The summed E-state index contributed by atoms with van der Waals surface area (Å²) in [7, 11) is 0. The van der Waals surface area contributed by atoms with Crippen molar-refractivity contribution >= 4 is 17.3 Å². The maximum absolute atomic E-state index is 11.4. The highest BCUT2D eigenvalue weighted by Crippen LogP contribution is 2.12. The van der Waals surface area contributed by atoms with Gasteiger partial charge in [-0.1, -0.05) is 0 Å². The molecule has 1 rings (SSSR count). The molecule has 82 valence electrons. The van der Waals surface area contributed by atoms with Crippen LogP contribution in [0.1, 0.15) is 17.3 Å². The second kappa shape index (κ2) is 4.97. The van der Waals surface area contributed by atoms with Crippen LogP contribution in [0.5, 0.6) is 0 Å². The molecule has 0 N–H and O–H groups in total. The van der Waals surface area contributed by atoms with Gasteiger partial charge >= 0.3 is 0 Å². The maximum atomic E-state index is 11.4. The lowest BCUT2D eigenvalue weighted by Crippen LogP contribution is -1.96. The molecule has 1 aromatic carbocycles. The number of hydrogen-bond donors (Lipinski definition) is 0. The fourth-order valence-corrected chi connectivity index (χ4v) is 1.04. The van der Waals surface area contributed by atoms with Gasteiger partial charge in [0.25, 0.3) is 5.69 Å². The normalized spacial score (nSPS) is 10.3. The first-order chi connectivity index (χ1) is 7.50. The first kappa shape index (κ1) is 11.8. The van der Waals surface area contributed by atoms with E-state index in [1.165, 1.54) is 31.2 Å². The molecule has 0 aromatic heterocycles. The van der Waals surface area contributed by atoms with Crippen molar-refractivity contribution in [3.63, 3.8) is 0 Å². The first-order valence-electron chi connectivity index (χ1n) is 4.48. The molecule has 5 nitrogen and oxygen atoms in total. The van der Waals surface area contributed by atoms with Crippen LogP contribution in [0, 0.1) is 10.1 Å². The minimum Gasteiger partial charge on any atom is -0.295 e. The summed E-state index contributed by atoms with van der Waals surface area (Å²) < 4.78 is 0. The van der Waals surface area contributed by atoms with E-state index < -0.39 is 4.92 Å². The van der Waals surface area contributed by atoms with Gasteiger partial charge in [-0.15, -0.1) is 0 Å². The van der Waals surface area contributed by atoms with Crippen molar-refractivity contribution < 1.29 is 14.5 Å². The van der Waals surface area contributed by atoms with Gasteiger partial charge in [0.05, 0.1) is 4.92 Å². The third-order valence-electron chi connectivity index (χ3n) is 1.83. The van der Waals surface area contributed by atoms with Gasteiger partial charge in [0, 0.05) is 17.7 Å². The standard InChI is InChI=1S/C11H9NO4/c1-8(13)2-7-11(14)9-3-5-10(6-4-9)12(15)16/h2-7H,1H3. The SMILES string of the molecule is CC(=O)C=CC(=O)c1ccc([N+](=O)[O-])cc1. The molecule has 0 fully saturated rings. The van der Waals surface area contributed by atoms with Crippen LogP contribution in [-0.2, 0) is 4.79 Å². The van der Waals surface area contributed by atoms with E-state index in [-0.39, 0.29) is 17.3 Å². The van der Waals surface area contributed by atoms with Crippen molar-refractivity contribution in [1.82, 2.24) is 0 Å². The highest BCUT2D eigenvalue weighted by molar-refractivity contribution is 6.07. The minimum atomic E-state index is -0.542. The summed E-state index contributed by atoms with van der Waals surface area (Å²) in [5.41, 5.74) is 0.232. The van der Waals surface area contributed by atoms with Crippen LogP contribution in [0.2, 0.25) is 0 Å². The Morgan fingerprint density at radius 2 is 1.75 bits per heavy atom. The van der Waals surface area contributed by atoms with Crippen LogP contribution >= 0.6 is 0 Å². The molecule has 0 unspecified atom stereocenters. The largest absolute Gasteiger partial charge is 0.295 e. The van der Waals surface area contributed by atoms with E-state index >= 15 is 0 Å². The van der Waals surface area contributed by atoms with Crippen LogP contribution in [0.15, 0.2) is 36.4 Å². The quantitative estimate of drug-likeness (QED) is 0.335. The van der Waals surface area contributed by atoms with E-state index in [9.17, 15) is 19.7 Å². The molecular formula is C11H9NO4. The maximum Gasteiger partial charge on any atom is 0.269 e. The molecule has 5 heteroatoms. The number of carbonyl (C=O) groups is 2. The number of nitro benzene ring substituents is 1. The first-order valence-corrected chi connectivity index (χ1v) is 4.48. The molecule has 0 heterocycles. The third kappa shape index (κ3) is 3.13. The second-order valence-corrected chi connectivity index (χ2v) is 3.11. The Balaban J connectivity index is 2.86. The summed E-state index contributed by atoms with van der Waals surface area (Å²) in [5, 5.41) is 10.4. The van der Waals surface area contributed by atoms with Crippen LogP contribution < -0.4 is 0 Å². The molecule has 0 aliphatic rings. The molecule has 0 amide bonds. The second-order valence-electron chi connectivity index (χ2n) is 3.11. The molecule has 0 atom stereocenters. The van der Waals surface area contributed by atoms with Gasteiger partial charge in [-0.25, -0.2) is 0 Å². The number of ketones is 2. The smallest absolute Gasteiger partial charge is 0.269 e. The van der Waals surface area contributed by atoms with Crippen molar-refractivity contribution in [3.8, 4) is 0 Å². The summed E-state index contributed by atoms with van der Waals surface area (Å²) in [6, 6.07) is 5.19. The number of carbonyl (C=O) groups excluding carboxylic acids is 2. The Labute approximate surface area is 91.5 Å². The van der Waals surface area contributed by atoms with Crippen LogP contribution in [-0.4, -0.2) is 16.5 Å². The highest BCUT2D eigenvalue weighted by Gasteiger charge is 2.07. The van der Waals surface area contributed by atoms with E-state index in [2.05, 4.69) is 0 Å². The van der Waals surface area contributed by atoms with Gasteiger partial charge < -0.3 is 0 Å². The molecule has 0 saturated carbocycles. The van der Waals surface area contributed by atoms with Crippen molar-refractivity contribution in [2.24, 2.45) is 0 Å². The monoisotopic (exact) mass is 219 g/mol. The number of hydrogen-bond acceptors (Lipinski definition) is 4. The van der Waals surface area contributed by atoms with Gasteiger partial charge in [0.1, 0.15) is 0 Å². The van der Waals surface area contributed by atoms with Crippen LogP contribution in [0.25, 0.3) is 0 Å². The molecule has 0 spiro atoms. The summed E-state index contributed by atoms with van der Waals surface area (Å²) in [6.45, 7) is 1.33. The van der Waals surface area contributed by atoms with E-state index in [1.54, 1.807) is 0 Å². The molecule has 1 aromatic rings. The molecule has 0 saturated heterocycles. The average molecular weight is 219 g/mol. The fraction of sp³-hybridized carbons (Fsp3) is 0.0909. The topological polar surface area (TPSA) is 77.3 Å². The van der Waals surface area contributed by atoms with Crippen molar-refractivity contribution in [1.29, 1.82) is 0 Å². The van der Waals surface area contributed by atoms with Crippen molar-refractivity contribution in [3.05, 3.63) is 52.1 Å². The summed E-state index contributed by atoms with van der Waals surface area (Å²) in [4.78, 5) is 31.8. The zero-order valence-electron chi connectivity index (χ0n) is 8.54.